The molecule has 0 bridgehead atoms. The van der Waals surface area contributed by atoms with Crippen LogP contribution in [0.5, 0.6) is 5.75 Å². The highest BCUT2D eigenvalue weighted by Gasteiger charge is 2.31. The van der Waals surface area contributed by atoms with Crippen LogP contribution in [0.15, 0.2) is 77.6 Å². The number of ether oxygens (including phenoxy) is 1. The summed E-state index contributed by atoms with van der Waals surface area (Å²) in [5.41, 5.74) is 12.0. The van der Waals surface area contributed by atoms with Crippen molar-refractivity contribution < 1.29 is 17.9 Å². The summed E-state index contributed by atoms with van der Waals surface area (Å²) in [7, 11) is -0.105. The number of hydrazine groups is 2. The Morgan fingerprint density at radius 2 is 1.80 bits per heavy atom. The molecule has 0 aromatic heterocycles. The van der Waals surface area contributed by atoms with Crippen molar-refractivity contribution >= 4 is 38.8 Å². The van der Waals surface area contributed by atoms with Crippen molar-refractivity contribution in [1.82, 2.24) is 15.9 Å². The van der Waals surface area contributed by atoms with E-state index >= 15 is 0 Å². The molecule has 238 valence electrons. The van der Waals surface area contributed by atoms with Gasteiger partial charge in [0.15, 0.2) is 5.75 Å². The van der Waals surface area contributed by atoms with Crippen LogP contribution in [-0.4, -0.2) is 58.1 Å². The zero-order valence-corrected chi connectivity index (χ0v) is 27.5. The number of aliphatic imine (C=N–C) groups is 1. The number of anilines is 3. The molecule has 45 heavy (non-hydrogen) atoms. The first kappa shape index (κ1) is 31.9. The first-order valence-electron chi connectivity index (χ1n) is 14.7. The smallest absolute Gasteiger partial charge is 0.255 e. The number of methoxy groups -OCH3 is 1. The first-order chi connectivity index (χ1) is 21.2. The third kappa shape index (κ3) is 7.23. The van der Waals surface area contributed by atoms with Crippen molar-refractivity contribution in [1.29, 1.82) is 0 Å². The highest BCUT2D eigenvalue weighted by Crippen LogP contribution is 2.39. The second-order valence-corrected chi connectivity index (χ2v) is 14.2. The predicted molar refractivity (Wildman–Crippen MR) is 180 cm³/mol. The van der Waals surface area contributed by atoms with Crippen molar-refractivity contribution in [3.8, 4) is 5.75 Å². The van der Waals surface area contributed by atoms with Crippen molar-refractivity contribution in [3.05, 3.63) is 94.8 Å². The number of nitrogens with zero attached hydrogens (tertiary/aromatic N) is 3. The number of carbonyl (C=O) groups excluding carboxylic acids is 1. The Balaban J connectivity index is 1.36. The van der Waals surface area contributed by atoms with Gasteiger partial charge in [0, 0.05) is 25.2 Å². The highest BCUT2D eigenvalue weighted by molar-refractivity contribution is 7.92. The van der Waals surface area contributed by atoms with Crippen LogP contribution in [0.2, 0.25) is 0 Å². The van der Waals surface area contributed by atoms with Gasteiger partial charge in [0.25, 0.3) is 5.91 Å². The minimum atomic E-state index is -3.60. The van der Waals surface area contributed by atoms with Crippen LogP contribution in [-0.2, 0) is 21.9 Å². The number of carbonyl (C=O) groups is 1. The molecule has 0 saturated carbocycles. The Labute approximate surface area is 265 Å². The van der Waals surface area contributed by atoms with Gasteiger partial charge in [0.05, 0.1) is 48.7 Å². The molecule has 0 saturated heterocycles. The van der Waals surface area contributed by atoms with Gasteiger partial charge in [0.1, 0.15) is 5.84 Å². The highest BCUT2D eigenvalue weighted by atomic mass is 32.2. The average molecular weight is 632 g/mol. The number of amidine groups is 1. The lowest BCUT2D eigenvalue weighted by Crippen LogP contribution is -2.42. The average Bonchev–Trinajstić information content (AvgIpc) is 3.59. The van der Waals surface area contributed by atoms with Gasteiger partial charge in [-0.25, -0.2) is 8.42 Å². The monoisotopic (exact) mass is 631 g/mol. The minimum Gasteiger partial charge on any atom is -0.492 e. The SMILES string of the molecule is COc1c(NC(=O)c2ccc(C)c(N3C=C(C4CN=C(Cc5ccccc5)N4C)NN3)c2)cc(C(C)(C)C)cc1NS(C)(=O)=O. The van der Waals surface area contributed by atoms with E-state index in [1.54, 1.807) is 12.1 Å². The van der Waals surface area contributed by atoms with E-state index in [-0.39, 0.29) is 28.8 Å². The maximum Gasteiger partial charge on any atom is 0.255 e. The van der Waals surface area contributed by atoms with E-state index < -0.39 is 10.0 Å². The number of hydrogen-bond donors (Lipinski definition) is 4. The van der Waals surface area contributed by atoms with Crippen LogP contribution in [0.3, 0.4) is 0 Å². The fourth-order valence-corrected chi connectivity index (χ4v) is 5.91. The molecule has 12 heteroatoms. The van der Waals surface area contributed by atoms with E-state index in [4.69, 9.17) is 9.73 Å². The number of nitrogens with one attached hydrogen (secondary N) is 4. The maximum absolute atomic E-state index is 13.6. The Morgan fingerprint density at radius 3 is 2.47 bits per heavy atom. The van der Waals surface area contributed by atoms with E-state index in [1.165, 1.54) is 12.7 Å². The van der Waals surface area contributed by atoms with Crippen LogP contribution in [0.1, 0.15) is 47.8 Å². The minimum absolute atomic E-state index is 0.0466. The molecule has 0 fully saturated rings. The number of benzene rings is 3. The van der Waals surface area contributed by atoms with Crippen molar-refractivity contribution in [2.45, 2.75) is 45.6 Å². The summed E-state index contributed by atoms with van der Waals surface area (Å²) in [5, 5.41) is 4.81. The van der Waals surface area contributed by atoms with Crippen molar-refractivity contribution in [2.24, 2.45) is 4.99 Å². The van der Waals surface area contributed by atoms with Gasteiger partial charge in [-0.2, -0.15) is 0 Å². The van der Waals surface area contributed by atoms with E-state index in [0.29, 0.717) is 17.8 Å². The molecule has 0 radical (unpaired) electrons. The molecule has 4 N–H and O–H groups in total. The quantitative estimate of drug-likeness (QED) is 0.271. The van der Waals surface area contributed by atoms with Crippen LogP contribution in [0.25, 0.3) is 0 Å². The Morgan fingerprint density at radius 1 is 1.09 bits per heavy atom. The van der Waals surface area contributed by atoms with E-state index in [1.807, 2.05) is 75.3 Å². The standard InChI is InChI=1S/C33H41N7O4S/c1-21-13-14-23(32(41)35-25-17-24(33(2,3)4)18-26(31(25)44-6)37-45(7,42)43)16-28(21)40-20-27(36-38-40)29-19-34-30(39(29)5)15-22-11-9-8-10-12-22/h8-14,16-18,20,29,36-38H,15,19H2,1-7H3,(H,35,41). The lowest BCUT2D eigenvalue weighted by Gasteiger charge is -2.24. The summed E-state index contributed by atoms with van der Waals surface area (Å²) in [6.45, 7) is 8.65. The Bertz CT molecular complexity index is 1770. The number of rotatable bonds is 9. The van der Waals surface area contributed by atoms with Crippen molar-refractivity contribution in [3.63, 3.8) is 0 Å². The van der Waals surface area contributed by atoms with Gasteiger partial charge in [-0.3, -0.25) is 19.5 Å². The first-order valence-corrected chi connectivity index (χ1v) is 16.6. The molecule has 0 spiro atoms. The molecular formula is C33H41N7O4S. The fourth-order valence-electron chi connectivity index (χ4n) is 5.35. The van der Waals surface area contributed by atoms with Gasteiger partial charge < -0.3 is 20.4 Å². The molecule has 2 aliphatic rings. The molecule has 2 aliphatic heterocycles. The van der Waals surface area contributed by atoms with Gasteiger partial charge in [-0.1, -0.05) is 57.2 Å². The third-order valence-electron chi connectivity index (χ3n) is 7.91. The van der Waals surface area contributed by atoms with Crippen LogP contribution < -0.4 is 30.7 Å². The molecule has 2 heterocycles. The topological polar surface area (TPSA) is 127 Å². The van der Waals surface area contributed by atoms with E-state index in [9.17, 15) is 13.2 Å². The zero-order valence-electron chi connectivity index (χ0n) is 26.7. The van der Waals surface area contributed by atoms with Gasteiger partial charge >= 0.3 is 0 Å². The zero-order chi connectivity index (χ0) is 32.5. The molecule has 1 amide bonds. The number of sulfonamides is 1. The summed E-state index contributed by atoms with van der Waals surface area (Å²) in [5.74, 6) is 0.890. The van der Waals surface area contributed by atoms with Crippen LogP contribution in [0.4, 0.5) is 17.1 Å². The van der Waals surface area contributed by atoms with Crippen LogP contribution >= 0.6 is 0 Å². The summed E-state index contributed by atoms with van der Waals surface area (Å²) in [4.78, 5) is 20.6. The summed E-state index contributed by atoms with van der Waals surface area (Å²) < 4.78 is 32.3. The molecular weight excluding hydrogens is 590 g/mol. The lowest BCUT2D eigenvalue weighted by molar-refractivity contribution is 0.102. The van der Waals surface area contributed by atoms with Gasteiger partial charge in [-0.05, 0) is 53.3 Å². The van der Waals surface area contributed by atoms with Crippen LogP contribution in [0, 0.1) is 6.92 Å². The van der Waals surface area contributed by atoms with E-state index in [0.717, 1.165) is 41.0 Å². The molecule has 0 aliphatic carbocycles. The molecule has 3 aromatic rings. The normalized spacial score (nSPS) is 16.6. The second kappa shape index (κ2) is 12.4. The van der Waals surface area contributed by atoms with Gasteiger partial charge in [0.2, 0.25) is 10.0 Å². The summed E-state index contributed by atoms with van der Waals surface area (Å²) >= 11 is 0. The fraction of sp³-hybridized carbons (Fsp3) is 0.333. The molecule has 3 aromatic carbocycles. The van der Waals surface area contributed by atoms with E-state index in [2.05, 4.69) is 45.1 Å². The second-order valence-electron chi connectivity index (χ2n) is 12.4. The third-order valence-corrected chi connectivity index (χ3v) is 8.50. The Kier molecular flexibility index (Phi) is 8.81. The Hall–Kier alpha value is -4.55. The molecule has 11 nitrogen and oxygen atoms in total. The lowest BCUT2D eigenvalue weighted by atomic mass is 9.86. The predicted octanol–water partition coefficient (Wildman–Crippen LogP) is 4.55. The summed E-state index contributed by atoms with van der Waals surface area (Å²) in [6, 6.07) is 19.3. The molecule has 5 rings (SSSR count). The number of amides is 1. The van der Waals surface area contributed by atoms with Crippen molar-refractivity contribution in [2.75, 3.05) is 42.0 Å². The molecule has 1 unspecified atom stereocenters. The summed E-state index contributed by atoms with van der Waals surface area (Å²) in [6.07, 6.45) is 3.83. The number of hydrogen-bond acceptors (Lipinski definition) is 9. The number of likely N-dealkylation sites (N-methyl/N-ethyl adjacent to an activating group) is 1. The largest absolute Gasteiger partial charge is 0.492 e. The molecule has 1 atom stereocenters. The van der Waals surface area contributed by atoms with Gasteiger partial charge in [-0.15, -0.1) is 5.53 Å². The number of aryl methyl sites for hydroxylation is 1. The maximum atomic E-state index is 13.6.